The lowest BCUT2D eigenvalue weighted by Gasteiger charge is -2.12. The van der Waals surface area contributed by atoms with Crippen molar-refractivity contribution in [3.8, 4) is 0 Å². The Balaban J connectivity index is 0.00000240. The first-order chi connectivity index (χ1) is 13.5. The summed E-state index contributed by atoms with van der Waals surface area (Å²) in [7, 11) is 3.50. The first-order valence-electron chi connectivity index (χ1n) is 9.02. The number of amides is 2. The molecule has 4 rings (SSSR count). The smallest absolute Gasteiger partial charge is 0.251 e. The maximum absolute atomic E-state index is 12.6. The molecule has 1 aliphatic heterocycles. The second kappa shape index (κ2) is 8.46. The zero-order chi connectivity index (χ0) is 19.7. The van der Waals surface area contributed by atoms with Crippen molar-refractivity contribution < 1.29 is 9.59 Å². The molecule has 3 aromatic rings. The number of benzene rings is 1. The van der Waals surface area contributed by atoms with E-state index in [1.165, 1.54) is 0 Å². The topological polar surface area (TPSA) is 90.1 Å². The van der Waals surface area contributed by atoms with Gasteiger partial charge in [-0.2, -0.15) is 0 Å². The van der Waals surface area contributed by atoms with Crippen molar-refractivity contribution in [2.24, 2.45) is 0 Å². The highest BCUT2D eigenvalue weighted by Gasteiger charge is 2.19. The van der Waals surface area contributed by atoms with Crippen LogP contribution in [0.5, 0.6) is 0 Å². The van der Waals surface area contributed by atoms with Crippen LogP contribution in [0.3, 0.4) is 0 Å². The molecule has 0 saturated carbocycles. The normalized spacial score (nSPS) is 14.6. The van der Waals surface area contributed by atoms with E-state index in [9.17, 15) is 9.59 Å². The zero-order valence-corrected chi connectivity index (χ0v) is 17.0. The van der Waals surface area contributed by atoms with Crippen molar-refractivity contribution in [3.05, 3.63) is 59.4 Å². The lowest BCUT2D eigenvalue weighted by molar-refractivity contribution is -0.117. The summed E-state index contributed by atoms with van der Waals surface area (Å²) < 4.78 is 0. The van der Waals surface area contributed by atoms with Crippen LogP contribution in [0, 0.1) is 0 Å². The molecule has 2 amide bonds. The maximum Gasteiger partial charge on any atom is 0.251 e. The molecule has 0 radical (unpaired) electrons. The average molecular weight is 412 g/mol. The summed E-state index contributed by atoms with van der Waals surface area (Å²) in [6.45, 7) is 0.922. The summed E-state index contributed by atoms with van der Waals surface area (Å²) in [6.07, 6.45) is 5.34. The lowest BCUT2D eigenvalue weighted by Crippen LogP contribution is -2.26. The third-order valence-electron chi connectivity index (χ3n) is 4.76. The summed E-state index contributed by atoms with van der Waals surface area (Å²) >= 11 is 0. The Kier molecular flexibility index (Phi) is 6.00. The Morgan fingerprint density at radius 2 is 2.07 bits per heavy atom. The first kappa shape index (κ1) is 20.6. The zero-order valence-electron chi connectivity index (χ0n) is 16.2. The molecule has 3 heterocycles. The highest BCUT2D eigenvalue weighted by molar-refractivity contribution is 6.26. The number of rotatable bonds is 3. The number of hydrogen-bond donors (Lipinski definition) is 3. The molecule has 7 nitrogen and oxygen atoms in total. The molecule has 0 atom stereocenters. The van der Waals surface area contributed by atoms with E-state index in [4.69, 9.17) is 0 Å². The van der Waals surface area contributed by atoms with Gasteiger partial charge in [-0.15, -0.1) is 12.4 Å². The van der Waals surface area contributed by atoms with Crippen molar-refractivity contribution in [1.29, 1.82) is 0 Å². The van der Waals surface area contributed by atoms with Crippen molar-refractivity contribution in [1.82, 2.24) is 20.2 Å². The second-order valence-corrected chi connectivity index (χ2v) is 6.88. The highest BCUT2D eigenvalue weighted by atomic mass is 35.5. The second-order valence-electron chi connectivity index (χ2n) is 6.88. The fraction of sp³-hybridized carbons (Fsp3) is 0.190. The van der Waals surface area contributed by atoms with Gasteiger partial charge >= 0.3 is 0 Å². The molecular weight excluding hydrogens is 390 g/mol. The number of hydrogen-bond acceptors (Lipinski definition) is 4. The fourth-order valence-electron chi connectivity index (χ4n) is 3.47. The van der Waals surface area contributed by atoms with Crippen LogP contribution in [0.2, 0.25) is 0 Å². The Bertz CT molecular complexity index is 1110. The molecule has 150 valence electrons. The summed E-state index contributed by atoms with van der Waals surface area (Å²) in [6, 6.07) is 9.82. The first-order valence-corrected chi connectivity index (χ1v) is 9.02. The summed E-state index contributed by atoms with van der Waals surface area (Å²) in [5, 5.41) is 6.52. The molecule has 8 heteroatoms. The van der Waals surface area contributed by atoms with Crippen molar-refractivity contribution in [3.63, 3.8) is 0 Å². The van der Waals surface area contributed by atoms with Gasteiger partial charge in [0.25, 0.3) is 5.91 Å². The van der Waals surface area contributed by atoms with Gasteiger partial charge in [-0.3, -0.25) is 14.5 Å². The van der Waals surface area contributed by atoms with E-state index in [1.54, 1.807) is 13.2 Å². The summed E-state index contributed by atoms with van der Waals surface area (Å²) in [4.78, 5) is 34.0. The Labute approximate surface area is 174 Å². The number of H-pyrrole nitrogens is 1. The van der Waals surface area contributed by atoms with Crippen LogP contribution in [0.25, 0.3) is 22.6 Å². The number of carbonyl (C=O) groups excluding carboxylic acids is 2. The molecule has 3 N–H and O–H groups in total. The monoisotopic (exact) mass is 411 g/mol. The third-order valence-corrected chi connectivity index (χ3v) is 4.76. The number of likely N-dealkylation sites (N-methyl/N-ethyl adjacent to an activating group) is 2. The van der Waals surface area contributed by atoms with E-state index in [1.807, 2.05) is 54.6 Å². The molecule has 0 fully saturated rings. The number of fused-ring (bicyclic) bond motifs is 2. The Hall–Kier alpha value is -3.16. The van der Waals surface area contributed by atoms with E-state index in [-0.39, 0.29) is 24.2 Å². The number of nitrogens with one attached hydrogen (secondary N) is 3. The number of aromatic nitrogens is 2. The van der Waals surface area contributed by atoms with Crippen molar-refractivity contribution in [2.75, 3.05) is 26.0 Å². The Morgan fingerprint density at radius 3 is 2.86 bits per heavy atom. The van der Waals surface area contributed by atoms with E-state index in [2.05, 4.69) is 20.6 Å². The van der Waals surface area contributed by atoms with Crippen LogP contribution in [0.15, 0.2) is 42.7 Å². The number of halogens is 1. The van der Waals surface area contributed by atoms with Gasteiger partial charge < -0.3 is 15.6 Å². The summed E-state index contributed by atoms with van der Waals surface area (Å²) in [5.41, 5.74) is 4.06. The number of carbonyl (C=O) groups is 2. The van der Waals surface area contributed by atoms with Gasteiger partial charge in [0.1, 0.15) is 5.82 Å². The largest absolute Gasteiger partial charge is 0.361 e. The molecule has 1 aliphatic rings. The standard InChI is InChI=1S/C21H21N5O2.ClH/c1-22-21(28)16(17-10-23-18-6-4-3-5-15(17)18)8-13-7-14-11-26(2)12-19(27)25-20(14)24-9-13;/h3-10,23H,11-12H2,1-2H3,(H,22,28)(H,24,25,27);1H. The van der Waals surface area contributed by atoms with E-state index in [0.717, 1.165) is 27.6 Å². The van der Waals surface area contributed by atoms with E-state index < -0.39 is 0 Å². The minimum absolute atomic E-state index is 0. The van der Waals surface area contributed by atoms with Gasteiger partial charge in [0.2, 0.25) is 5.91 Å². The predicted octanol–water partition coefficient (Wildman–Crippen LogP) is 2.66. The number of pyridine rings is 1. The SMILES string of the molecule is CNC(=O)C(=Cc1cnc2c(c1)CN(C)CC(=O)N2)c1c[nH]c2ccccc12.Cl. The minimum Gasteiger partial charge on any atom is -0.361 e. The average Bonchev–Trinajstić information content (AvgIpc) is 3.04. The third kappa shape index (κ3) is 4.16. The van der Waals surface area contributed by atoms with E-state index in [0.29, 0.717) is 24.5 Å². The number of anilines is 1. The summed E-state index contributed by atoms with van der Waals surface area (Å²) in [5.74, 6) is 0.312. The molecule has 0 bridgehead atoms. The number of nitrogens with zero attached hydrogens (tertiary/aromatic N) is 2. The minimum atomic E-state index is -0.176. The van der Waals surface area contributed by atoms with Crippen LogP contribution in [0.4, 0.5) is 5.82 Å². The molecule has 29 heavy (non-hydrogen) atoms. The molecule has 0 aliphatic carbocycles. The van der Waals surface area contributed by atoms with Crippen LogP contribution >= 0.6 is 12.4 Å². The molecule has 0 spiro atoms. The molecule has 1 aromatic carbocycles. The molecule has 2 aromatic heterocycles. The van der Waals surface area contributed by atoms with Crippen molar-refractivity contribution >= 4 is 52.6 Å². The lowest BCUT2D eigenvalue weighted by atomic mass is 10.0. The van der Waals surface area contributed by atoms with Crippen molar-refractivity contribution in [2.45, 2.75) is 6.54 Å². The van der Waals surface area contributed by atoms with Gasteiger partial charge in [-0.1, -0.05) is 18.2 Å². The maximum atomic E-state index is 12.6. The molecule has 0 unspecified atom stereocenters. The number of aromatic amines is 1. The highest BCUT2D eigenvalue weighted by Crippen LogP contribution is 2.28. The quantitative estimate of drug-likeness (QED) is 0.578. The van der Waals surface area contributed by atoms with Gasteiger partial charge in [0.05, 0.1) is 6.54 Å². The predicted molar refractivity (Wildman–Crippen MR) is 117 cm³/mol. The van der Waals surface area contributed by atoms with Gasteiger partial charge in [-0.05, 0) is 30.8 Å². The van der Waals surface area contributed by atoms with Crippen LogP contribution in [-0.2, 0) is 16.1 Å². The van der Waals surface area contributed by atoms with Gasteiger partial charge in [0.15, 0.2) is 0 Å². The van der Waals surface area contributed by atoms with Crippen LogP contribution < -0.4 is 10.6 Å². The van der Waals surface area contributed by atoms with E-state index >= 15 is 0 Å². The molecular formula is C21H22ClN5O2. The fourth-order valence-corrected chi connectivity index (χ4v) is 3.47. The molecule has 0 saturated heterocycles. The number of para-hydroxylation sites is 1. The van der Waals surface area contributed by atoms with Gasteiger partial charge in [-0.25, -0.2) is 4.98 Å². The Morgan fingerprint density at radius 1 is 1.28 bits per heavy atom. The van der Waals surface area contributed by atoms with Crippen LogP contribution in [0.1, 0.15) is 16.7 Å². The van der Waals surface area contributed by atoms with Crippen LogP contribution in [-0.4, -0.2) is 47.3 Å². The van der Waals surface area contributed by atoms with Gasteiger partial charge in [0, 0.05) is 53.6 Å².